The number of primary amides is 1. The van der Waals surface area contributed by atoms with E-state index in [0.717, 1.165) is 4.88 Å². The Hall–Kier alpha value is -3.45. The molecule has 3 aliphatic rings. The lowest BCUT2D eigenvalue weighted by Gasteiger charge is -2.52. The summed E-state index contributed by atoms with van der Waals surface area (Å²) in [5.74, 6) is -10.5. The predicted octanol–water partition coefficient (Wildman–Crippen LogP) is 0.901. The third kappa shape index (κ3) is 4.71. The highest BCUT2D eigenvalue weighted by molar-refractivity contribution is 7.12. The number of benzene rings is 1. The number of hydrogen-bond donors (Lipinski definition) is 4. The van der Waals surface area contributed by atoms with Gasteiger partial charge in [0.2, 0.25) is 5.91 Å². The van der Waals surface area contributed by atoms with Crippen LogP contribution in [0.25, 0.3) is 0 Å². The molecule has 2 aromatic rings. The fraction of sp³-hybridized carbons (Fsp3) is 0.516. The molecule has 1 amide bonds. The molecule has 1 aromatic carbocycles. The molecule has 43 heavy (non-hydrogen) atoms. The molecule has 1 aromatic heterocycles. The number of ketones is 4. The molecule has 11 nitrogen and oxygen atoms in total. The number of aromatic hydroxyl groups is 1. The number of likely N-dealkylation sites (N-methyl/N-ethyl adjacent to an activating group) is 1. The van der Waals surface area contributed by atoms with Crippen molar-refractivity contribution in [3.63, 3.8) is 0 Å². The maximum Gasteiger partial charge on any atom is 0.235 e. The Morgan fingerprint density at radius 1 is 1.09 bits per heavy atom. The number of phenolic OH excluding ortho intramolecular Hbond substituents is 1. The average molecular weight is 611 g/mol. The molecule has 5 N–H and O–H groups in total. The molecule has 0 aliphatic heterocycles. The van der Waals surface area contributed by atoms with Crippen LogP contribution in [0.1, 0.15) is 43.2 Å². The molecule has 12 heteroatoms. The monoisotopic (exact) mass is 610 g/mol. The number of carbonyl (C=O) groups excluding carboxylic acids is 5. The number of aryl methyl sites for hydroxylation is 2. The predicted molar refractivity (Wildman–Crippen MR) is 160 cm³/mol. The number of fused-ring (bicyclic) bond motifs is 3. The Bertz CT molecular complexity index is 1540. The zero-order valence-corrected chi connectivity index (χ0v) is 26.0. The van der Waals surface area contributed by atoms with Crippen molar-refractivity contribution in [1.29, 1.82) is 0 Å². The molecule has 2 saturated carbocycles. The van der Waals surface area contributed by atoms with Crippen LogP contribution >= 0.6 is 11.3 Å². The molecule has 1 heterocycles. The molecule has 6 atom stereocenters. The van der Waals surface area contributed by atoms with Crippen molar-refractivity contribution in [2.45, 2.75) is 51.4 Å². The summed E-state index contributed by atoms with van der Waals surface area (Å²) in [6.07, 6.45) is 0.231. The first-order chi connectivity index (χ1) is 20.1. The van der Waals surface area contributed by atoms with E-state index in [-0.39, 0.29) is 30.7 Å². The van der Waals surface area contributed by atoms with Gasteiger partial charge in [0.05, 0.1) is 17.5 Å². The van der Waals surface area contributed by atoms with Crippen molar-refractivity contribution in [3.05, 3.63) is 44.1 Å². The Labute approximate surface area is 254 Å². The first-order valence-electron chi connectivity index (χ1n) is 14.3. The van der Waals surface area contributed by atoms with E-state index in [1.807, 2.05) is 32.0 Å². The number of Topliss-reactive ketones (excluding diaryl/α,β-unsaturated/α-hetero) is 4. The lowest BCUT2D eigenvalue weighted by Crippen LogP contribution is -2.74. The quantitative estimate of drug-likeness (QED) is 0.330. The summed E-state index contributed by atoms with van der Waals surface area (Å²) in [4.78, 5) is 72.8. The first-order valence-corrected chi connectivity index (χ1v) is 15.1. The molecule has 230 valence electrons. The minimum Gasteiger partial charge on any atom is -0.507 e. The van der Waals surface area contributed by atoms with Gasteiger partial charge in [-0.15, -0.1) is 11.3 Å². The molecule has 3 aliphatic carbocycles. The van der Waals surface area contributed by atoms with Crippen LogP contribution in [0.3, 0.4) is 0 Å². The van der Waals surface area contributed by atoms with Crippen LogP contribution in [0.4, 0.5) is 5.69 Å². The largest absolute Gasteiger partial charge is 0.507 e. The second-order valence-electron chi connectivity index (χ2n) is 12.5. The molecule has 0 saturated heterocycles. The number of carbonyl (C=O) groups is 5. The van der Waals surface area contributed by atoms with Crippen LogP contribution in [0.5, 0.6) is 5.75 Å². The minimum atomic E-state index is -2.74. The number of nitrogens with zero attached hydrogens (tertiary/aromatic N) is 2. The molecular formula is C31H38N4O7S. The van der Waals surface area contributed by atoms with E-state index in [1.54, 1.807) is 25.4 Å². The van der Waals surface area contributed by atoms with Crippen molar-refractivity contribution in [2.75, 3.05) is 33.1 Å². The molecule has 5 rings (SSSR count). The van der Waals surface area contributed by atoms with Crippen LogP contribution in [0.2, 0.25) is 0 Å². The van der Waals surface area contributed by atoms with Gasteiger partial charge in [0.25, 0.3) is 0 Å². The molecular weight excluding hydrogens is 572 g/mol. The van der Waals surface area contributed by atoms with Gasteiger partial charge in [-0.3, -0.25) is 28.9 Å². The molecule has 2 fully saturated rings. The third-order valence-corrected chi connectivity index (χ3v) is 10.6. The second-order valence-corrected chi connectivity index (χ2v) is 13.8. The number of nitrogens with two attached hydrogens (primary N) is 1. The fourth-order valence-corrected chi connectivity index (χ4v) is 8.32. The van der Waals surface area contributed by atoms with E-state index in [9.17, 15) is 34.2 Å². The van der Waals surface area contributed by atoms with Crippen LogP contribution in [-0.2, 0) is 38.7 Å². The van der Waals surface area contributed by atoms with Crippen molar-refractivity contribution in [2.24, 2.45) is 29.4 Å². The van der Waals surface area contributed by atoms with Gasteiger partial charge in [-0.2, -0.15) is 0 Å². The summed E-state index contributed by atoms with van der Waals surface area (Å²) < 4.78 is 0. The molecule has 2 unspecified atom stereocenters. The van der Waals surface area contributed by atoms with Gasteiger partial charge in [-0.1, -0.05) is 0 Å². The van der Waals surface area contributed by atoms with Gasteiger partial charge >= 0.3 is 0 Å². The summed E-state index contributed by atoms with van der Waals surface area (Å²) in [6.45, 7) is 4.92. The molecule has 0 spiro atoms. The van der Waals surface area contributed by atoms with Crippen molar-refractivity contribution in [1.82, 2.24) is 10.2 Å². The van der Waals surface area contributed by atoms with E-state index in [4.69, 9.17) is 5.73 Å². The van der Waals surface area contributed by atoms with Gasteiger partial charge in [0.15, 0.2) is 34.7 Å². The first kappa shape index (κ1) is 31.0. The maximum atomic E-state index is 14.2. The SMILES string of the molecule is Cc1cc(CNCc2cc(N(C)C)c3c(c2O)C(=O)C2C(=O)[C@]4(O)C(=O)C(C(N)=O)C(=O)[C@@H](N(C)C)[C@@H]4C[C@@H]2C3)sc1C. The summed E-state index contributed by atoms with van der Waals surface area (Å²) in [6, 6.07) is 2.80. The van der Waals surface area contributed by atoms with E-state index >= 15 is 0 Å². The van der Waals surface area contributed by atoms with Crippen molar-refractivity contribution < 1.29 is 34.2 Å². The minimum absolute atomic E-state index is 0.00240. The lowest BCUT2D eigenvalue weighted by atomic mass is 9.52. The molecule has 0 bridgehead atoms. The highest BCUT2D eigenvalue weighted by Gasteiger charge is 2.69. The Balaban J connectivity index is 1.55. The van der Waals surface area contributed by atoms with Crippen LogP contribution in [-0.4, -0.2) is 84.0 Å². The topological polar surface area (TPSA) is 170 Å². The van der Waals surface area contributed by atoms with Crippen LogP contribution in [0.15, 0.2) is 12.1 Å². The maximum absolute atomic E-state index is 14.2. The number of anilines is 1. The third-order valence-electron chi connectivity index (χ3n) is 9.43. The molecule has 0 radical (unpaired) electrons. The normalized spacial score (nSPS) is 28.5. The van der Waals surface area contributed by atoms with E-state index in [2.05, 4.69) is 18.3 Å². The number of thiophene rings is 1. The Morgan fingerprint density at radius 2 is 1.77 bits per heavy atom. The summed E-state index contributed by atoms with van der Waals surface area (Å²) in [5, 5.41) is 26.5. The van der Waals surface area contributed by atoms with Crippen molar-refractivity contribution in [3.8, 4) is 5.75 Å². The van der Waals surface area contributed by atoms with Crippen LogP contribution in [0, 0.1) is 37.5 Å². The smallest absolute Gasteiger partial charge is 0.235 e. The number of hydrogen-bond acceptors (Lipinski definition) is 11. The van der Waals surface area contributed by atoms with Gasteiger partial charge in [0, 0.05) is 54.1 Å². The van der Waals surface area contributed by atoms with Crippen molar-refractivity contribution >= 4 is 46.1 Å². The number of aliphatic hydroxyl groups is 1. The van der Waals surface area contributed by atoms with E-state index in [1.165, 1.54) is 15.3 Å². The number of nitrogens with one attached hydrogen (secondary N) is 1. The summed E-state index contributed by atoms with van der Waals surface area (Å²) >= 11 is 1.68. The Morgan fingerprint density at radius 3 is 2.33 bits per heavy atom. The zero-order valence-electron chi connectivity index (χ0n) is 25.2. The Kier molecular flexibility index (Phi) is 7.87. The number of phenols is 1. The van der Waals surface area contributed by atoms with E-state index < -0.39 is 64.4 Å². The van der Waals surface area contributed by atoms with E-state index in [0.29, 0.717) is 23.4 Å². The lowest BCUT2D eigenvalue weighted by molar-refractivity contribution is -0.181. The fourth-order valence-electron chi connectivity index (χ4n) is 7.30. The summed E-state index contributed by atoms with van der Waals surface area (Å²) in [7, 11) is 6.78. The van der Waals surface area contributed by atoms with Gasteiger partial charge < -0.3 is 26.2 Å². The standard InChI is InChI=1S/C31H38N4O7S/c1-13-7-17(43-14(13)2)12-33-11-16-10-20(34(3)4)18-8-15-9-19-24(35(5)6)27(38)23(30(32)41)29(40)31(19,42)28(39)21(15)26(37)22(18)25(16)36/h7,10,15,19,21,23-24,33,36,42H,8-9,11-12H2,1-6H3,(H2,32,41)/t15-,19-,21?,23?,24-,31-/m0/s1. The van der Waals surface area contributed by atoms with Gasteiger partial charge in [0.1, 0.15) is 5.75 Å². The number of rotatable bonds is 7. The van der Waals surface area contributed by atoms with Crippen LogP contribution < -0.4 is 16.0 Å². The zero-order chi connectivity index (χ0) is 31.7. The highest BCUT2D eigenvalue weighted by atomic mass is 32.1. The highest BCUT2D eigenvalue weighted by Crippen LogP contribution is 2.52. The van der Waals surface area contributed by atoms with Gasteiger partial charge in [-0.25, -0.2) is 0 Å². The summed E-state index contributed by atoms with van der Waals surface area (Å²) in [5.41, 5.74) is 5.61. The van der Waals surface area contributed by atoms with Gasteiger partial charge in [-0.05, 0) is 70.0 Å². The average Bonchev–Trinajstić information content (AvgIpc) is 3.23. The number of amides is 1. The second kappa shape index (κ2) is 10.9.